The van der Waals surface area contributed by atoms with Gasteiger partial charge in [0.2, 0.25) is 11.7 Å². The maximum atomic E-state index is 12.3. The number of nitrogens with one attached hydrogen (secondary N) is 1. The minimum Gasteiger partial charge on any atom is -0.444 e. The van der Waals surface area contributed by atoms with E-state index in [4.69, 9.17) is 9.26 Å². The topological polar surface area (TPSA) is 86.5 Å². The Morgan fingerprint density at radius 1 is 1.32 bits per heavy atom. The molecule has 1 amide bonds. The van der Waals surface area contributed by atoms with Crippen molar-refractivity contribution in [3.05, 3.63) is 30.2 Å². The normalized spacial score (nSPS) is 12.8. The second-order valence-electron chi connectivity index (χ2n) is 6.23. The third-order valence-electron chi connectivity index (χ3n) is 2.86. The number of carbonyl (C=O) groups is 1. The number of hydrogen-bond donors (Lipinski definition) is 1. The third-order valence-corrected chi connectivity index (χ3v) is 2.86. The zero-order valence-electron chi connectivity index (χ0n) is 14.2. The Bertz CT molecular complexity index is 728. The van der Waals surface area contributed by atoms with Gasteiger partial charge < -0.3 is 19.3 Å². The molecular weight excluding hydrogens is 336 g/mol. The lowest BCUT2D eigenvalue weighted by molar-refractivity contribution is -0.0498. The number of benzene rings is 1. The summed E-state index contributed by atoms with van der Waals surface area (Å²) in [6, 6.07) is 5.33. The summed E-state index contributed by atoms with van der Waals surface area (Å²) in [5, 5.41) is 6.36. The maximum Gasteiger partial charge on any atom is 0.408 e. The monoisotopic (exact) mass is 355 g/mol. The molecule has 1 heterocycles. The van der Waals surface area contributed by atoms with Gasteiger partial charge >= 0.3 is 12.7 Å². The van der Waals surface area contributed by atoms with E-state index in [1.807, 2.05) is 0 Å². The van der Waals surface area contributed by atoms with Crippen molar-refractivity contribution in [1.82, 2.24) is 15.5 Å². The van der Waals surface area contributed by atoms with Crippen LogP contribution < -0.4 is 10.1 Å². The molecular formula is C16H19F2N3O4. The van der Waals surface area contributed by atoms with E-state index in [-0.39, 0.29) is 17.5 Å². The molecule has 0 aliphatic rings. The summed E-state index contributed by atoms with van der Waals surface area (Å²) in [6.45, 7) is 3.97. The van der Waals surface area contributed by atoms with Crippen LogP contribution in [0.3, 0.4) is 0 Å². The molecule has 1 atom stereocenters. The molecule has 0 unspecified atom stereocenters. The standard InChI is InChI=1S/C16H19F2N3O4/c1-9(19-15(22)24-16(2,3)4)13-20-12(21-25-13)10-6-5-7-11(8-10)23-14(17)18/h5-9,14H,1-4H3,(H,19,22)/t9-/m0/s1. The van der Waals surface area contributed by atoms with E-state index < -0.39 is 24.3 Å². The first kappa shape index (κ1) is 18.6. The van der Waals surface area contributed by atoms with Crippen LogP contribution >= 0.6 is 0 Å². The zero-order valence-corrected chi connectivity index (χ0v) is 14.2. The second-order valence-corrected chi connectivity index (χ2v) is 6.23. The van der Waals surface area contributed by atoms with E-state index >= 15 is 0 Å². The first-order valence-electron chi connectivity index (χ1n) is 7.52. The number of alkyl carbamates (subject to hydrolysis) is 1. The van der Waals surface area contributed by atoms with E-state index in [0.717, 1.165) is 0 Å². The number of carbonyl (C=O) groups excluding carboxylic acids is 1. The highest BCUT2D eigenvalue weighted by Gasteiger charge is 2.21. The summed E-state index contributed by atoms with van der Waals surface area (Å²) in [4.78, 5) is 15.9. The Morgan fingerprint density at radius 3 is 2.68 bits per heavy atom. The number of nitrogens with zero attached hydrogens (tertiary/aromatic N) is 2. The van der Waals surface area contributed by atoms with Gasteiger partial charge in [-0.2, -0.15) is 13.8 Å². The molecule has 2 aromatic rings. The predicted octanol–water partition coefficient (Wildman–Crippen LogP) is 3.92. The van der Waals surface area contributed by atoms with Gasteiger partial charge in [-0.1, -0.05) is 17.3 Å². The van der Waals surface area contributed by atoms with Crippen molar-refractivity contribution in [3.63, 3.8) is 0 Å². The molecule has 0 saturated carbocycles. The van der Waals surface area contributed by atoms with E-state index in [1.165, 1.54) is 18.2 Å². The lowest BCUT2D eigenvalue weighted by Gasteiger charge is -2.20. The molecule has 1 N–H and O–H groups in total. The average Bonchev–Trinajstić information content (AvgIpc) is 2.94. The maximum absolute atomic E-state index is 12.3. The van der Waals surface area contributed by atoms with Gasteiger partial charge in [0.15, 0.2) is 0 Å². The second kappa shape index (κ2) is 7.45. The smallest absolute Gasteiger partial charge is 0.408 e. The lowest BCUT2D eigenvalue weighted by Crippen LogP contribution is -2.34. The Kier molecular flexibility index (Phi) is 5.55. The largest absolute Gasteiger partial charge is 0.444 e. The summed E-state index contributed by atoms with van der Waals surface area (Å²) < 4.78 is 39.2. The lowest BCUT2D eigenvalue weighted by atomic mass is 10.2. The molecule has 0 aliphatic heterocycles. The van der Waals surface area contributed by atoms with Crippen LogP contribution in [0.25, 0.3) is 11.4 Å². The third kappa shape index (κ3) is 5.70. The Hall–Kier alpha value is -2.71. The van der Waals surface area contributed by atoms with Gasteiger partial charge in [-0.3, -0.25) is 0 Å². The number of hydrogen-bond acceptors (Lipinski definition) is 6. The van der Waals surface area contributed by atoms with Crippen LogP contribution in [0.2, 0.25) is 0 Å². The van der Waals surface area contributed by atoms with Crippen LogP contribution in [0.15, 0.2) is 28.8 Å². The van der Waals surface area contributed by atoms with Crippen LogP contribution in [0.1, 0.15) is 39.6 Å². The molecule has 0 fully saturated rings. The number of amides is 1. The molecule has 0 radical (unpaired) electrons. The van der Waals surface area contributed by atoms with Crippen LogP contribution in [-0.4, -0.2) is 28.4 Å². The van der Waals surface area contributed by atoms with E-state index in [1.54, 1.807) is 33.8 Å². The molecule has 9 heteroatoms. The fourth-order valence-corrected chi connectivity index (χ4v) is 1.89. The SMILES string of the molecule is C[C@H](NC(=O)OC(C)(C)C)c1nc(-c2cccc(OC(F)F)c2)no1. The average molecular weight is 355 g/mol. The molecule has 0 bridgehead atoms. The molecule has 136 valence electrons. The van der Waals surface area contributed by atoms with Crippen LogP contribution in [0.5, 0.6) is 5.75 Å². The van der Waals surface area contributed by atoms with Gasteiger partial charge in [0, 0.05) is 5.56 Å². The van der Waals surface area contributed by atoms with Crippen molar-refractivity contribution in [2.45, 2.75) is 45.9 Å². The highest BCUT2D eigenvalue weighted by molar-refractivity contribution is 5.68. The van der Waals surface area contributed by atoms with Crippen molar-refractivity contribution in [2.24, 2.45) is 0 Å². The van der Waals surface area contributed by atoms with E-state index in [0.29, 0.717) is 5.56 Å². The Balaban J connectivity index is 2.08. The van der Waals surface area contributed by atoms with Gasteiger partial charge in [0.25, 0.3) is 0 Å². The first-order valence-corrected chi connectivity index (χ1v) is 7.52. The van der Waals surface area contributed by atoms with E-state index in [9.17, 15) is 13.6 Å². The van der Waals surface area contributed by atoms with E-state index in [2.05, 4.69) is 20.2 Å². The Morgan fingerprint density at radius 2 is 2.04 bits per heavy atom. The summed E-state index contributed by atoms with van der Waals surface area (Å²) in [6.07, 6.45) is -0.618. The van der Waals surface area contributed by atoms with Crippen molar-refractivity contribution < 1.29 is 27.6 Å². The molecule has 25 heavy (non-hydrogen) atoms. The van der Waals surface area contributed by atoms with Crippen molar-refractivity contribution in [1.29, 1.82) is 0 Å². The molecule has 2 rings (SSSR count). The fourth-order valence-electron chi connectivity index (χ4n) is 1.89. The number of ether oxygens (including phenoxy) is 2. The quantitative estimate of drug-likeness (QED) is 0.875. The van der Waals surface area contributed by atoms with Gasteiger partial charge in [-0.25, -0.2) is 4.79 Å². The number of alkyl halides is 2. The summed E-state index contributed by atoms with van der Waals surface area (Å²) in [5.74, 6) is 0.326. The number of rotatable bonds is 5. The molecule has 0 spiro atoms. The minimum absolute atomic E-state index is 0.0150. The van der Waals surface area contributed by atoms with Crippen LogP contribution in [0, 0.1) is 0 Å². The summed E-state index contributed by atoms with van der Waals surface area (Å²) in [5.41, 5.74) is -0.188. The van der Waals surface area contributed by atoms with Crippen LogP contribution in [-0.2, 0) is 4.74 Å². The highest BCUT2D eigenvalue weighted by atomic mass is 19.3. The summed E-state index contributed by atoms with van der Waals surface area (Å²) in [7, 11) is 0. The molecule has 1 aromatic heterocycles. The highest BCUT2D eigenvalue weighted by Crippen LogP contribution is 2.24. The Labute approximate surface area is 143 Å². The molecule has 0 aliphatic carbocycles. The van der Waals surface area contributed by atoms with Gasteiger partial charge in [-0.15, -0.1) is 0 Å². The van der Waals surface area contributed by atoms with Gasteiger partial charge in [0.1, 0.15) is 17.4 Å². The number of aromatic nitrogens is 2. The van der Waals surface area contributed by atoms with Crippen molar-refractivity contribution >= 4 is 6.09 Å². The predicted molar refractivity (Wildman–Crippen MR) is 84.2 cm³/mol. The first-order chi connectivity index (χ1) is 11.6. The van der Waals surface area contributed by atoms with Gasteiger partial charge in [0.05, 0.1) is 0 Å². The molecule has 0 saturated heterocycles. The summed E-state index contributed by atoms with van der Waals surface area (Å²) >= 11 is 0. The zero-order chi connectivity index (χ0) is 18.6. The minimum atomic E-state index is -2.92. The number of halogens is 2. The van der Waals surface area contributed by atoms with Crippen molar-refractivity contribution in [3.8, 4) is 17.1 Å². The van der Waals surface area contributed by atoms with Gasteiger partial charge in [-0.05, 0) is 39.8 Å². The molecule has 1 aromatic carbocycles. The van der Waals surface area contributed by atoms with Crippen molar-refractivity contribution in [2.75, 3.05) is 0 Å². The molecule has 7 nitrogen and oxygen atoms in total. The van der Waals surface area contributed by atoms with Crippen LogP contribution in [0.4, 0.5) is 13.6 Å². The fraction of sp³-hybridized carbons (Fsp3) is 0.438.